The van der Waals surface area contributed by atoms with E-state index >= 15 is 0 Å². The Labute approximate surface area is 106 Å². The third-order valence-corrected chi connectivity index (χ3v) is 3.47. The van der Waals surface area contributed by atoms with Gasteiger partial charge >= 0.3 is 0 Å². The number of nitrogens with zero attached hydrogens (tertiary/aromatic N) is 1. The van der Waals surface area contributed by atoms with Crippen molar-refractivity contribution in [3.05, 3.63) is 29.8 Å². The summed E-state index contributed by atoms with van der Waals surface area (Å²) in [7, 11) is 4.24. The van der Waals surface area contributed by atoms with Crippen molar-refractivity contribution in [1.82, 2.24) is 5.32 Å². The molecule has 0 amide bonds. The summed E-state index contributed by atoms with van der Waals surface area (Å²) >= 11 is 0. The Hall–Kier alpha value is -1.02. The molecule has 1 N–H and O–H groups in total. The zero-order chi connectivity index (χ0) is 12.7. The zero-order valence-corrected chi connectivity index (χ0v) is 11.7. The highest BCUT2D eigenvalue weighted by Crippen LogP contribution is 2.18. The molecule has 0 bridgehead atoms. The molecule has 2 nitrogen and oxygen atoms in total. The van der Waals surface area contributed by atoms with Gasteiger partial charge in [-0.25, -0.2) is 0 Å². The number of anilines is 1. The van der Waals surface area contributed by atoms with E-state index in [2.05, 4.69) is 62.4 Å². The molecule has 0 fully saturated rings. The molecule has 1 rings (SSSR count). The lowest BCUT2D eigenvalue weighted by atomic mass is 10.1. The predicted molar refractivity (Wildman–Crippen MR) is 76.8 cm³/mol. The van der Waals surface area contributed by atoms with E-state index < -0.39 is 0 Å². The van der Waals surface area contributed by atoms with Gasteiger partial charge < -0.3 is 10.2 Å². The van der Waals surface area contributed by atoms with Crippen LogP contribution in [0.3, 0.4) is 0 Å². The highest BCUT2D eigenvalue weighted by Gasteiger charge is 2.06. The van der Waals surface area contributed by atoms with Crippen LogP contribution in [0.15, 0.2) is 24.3 Å². The number of benzene rings is 1. The summed E-state index contributed by atoms with van der Waals surface area (Å²) in [5.74, 6) is 0. The number of para-hydroxylation sites is 1. The number of aryl methyl sites for hydroxylation is 1. The number of hydrogen-bond donors (Lipinski definition) is 1. The van der Waals surface area contributed by atoms with E-state index in [1.165, 1.54) is 30.5 Å². The lowest BCUT2D eigenvalue weighted by Crippen LogP contribution is -2.26. The molecule has 0 spiro atoms. The number of rotatable bonds is 7. The monoisotopic (exact) mass is 234 g/mol. The first-order chi connectivity index (χ1) is 8.19. The lowest BCUT2D eigenvalue weighted by molar-refractivity contribution is 0.492. The normalized spacial score (nSPS) is 12.5. The van der Waals surface area contributed by atoms with Gasteiger partial charge in [-0.2, -0.15) is 0 Å². The van der Waals surface area contributed by atoms with Crippen LogP contribution in [0.2, 0.25) is 0 Å². The Morgan fingerprint density at radius 3 is 2.59 bits per heavy atom. The fourth-order valence-electron chi connectivity index (χ4n) is 2.24. The van der Waals surface area contributed by atoms with E-state index in [0.29, 0.717) is 6.04 Å². The SMILES string of the molecule is CCC(CCCN(C)c1ccccc1C)NC. The average molecular weight is 234 g/mol. The molecule has 0 aliphatic carbocycles. The van der Waals surface area contributed by atoms with Crippen LogP contribution in [0, 0.1) is 6.92 Å². The van der Waals surface area contributed by atoms with Gasteiger partial charge in [-0.1, -0.05) is 25.1 Å². The van der Waals surface area contributed by atoms with E-state index in [1.807, 2.05) is 0 Å². The molecule has 0 saturated carbocycles. The molecule has 0 aromatic heterocycles. The minimum absolute atomic E-state index is 0.667. The second-order valence-electron chi connectivity index (χ2n) is 4.74. The van der Waals surface area contributed by atoms with E-state index in [0.717, 1.165) is 6.54 Å². The number of hydrogen-bond acceptors (Lipinski definition) is 2. The minimum Gasteiger partial charge on any atom is -0.374 e. The van der Waals surface area contributed by atoms with Crippen molar-refractivity contribution in [2.75, 3.05) is 25.5 Å². The van der Waals surface area contributed by atoms with Gasteiger partial charge in [-0.05, 0) is 44.9 Å². The highest BCUT2D eigenvalue weighted by molar-refractivity contribution is 5.52. The molecule has 96 valence electrons. The maximum absolute atomic E-state index is 3.36. The second-order valence-corrected chi connectivity index (χ2v) is 4.74. The molecule has 1 aromatic carbocycles. The van der Waals surface area contributed by atoms with Crippen molar-refractivity contribution in [2.45, 2.75) is 39.2 Å². The molecule has 1 unspecified atom stereocenters. The van der Waals surface area contributed by atoms with Crippen LogP contribution in [0.5, 0.6) is 0 Å². The van der Waals surface area contributed by atoms with Gasteiger partial charge in [0, 0.05) is 25.3 Å². The van der Waals surface area contributed by atoms with Crippen LogP contribution in [0.1, 0.15) is 31.7 Å². The summed E-state index contributed by atoms with van der Waals surface area (Å²) in [5, 5.41) is 3.36. The minimum atomic E-state index is 0.667. The molecular weight excluding hydrogens is 208 g/mol. The lowest BCUT2D eigenvalue weighted by Gasteiger charge is -2.22. The Morgan fingerprint density at radius 1 is 1.29 bits per heavy atom. The predicted octanol–water partition coefficient (Wildman–Crippen LogP) is 3.21. The first-order valence-electron chi connectivity index (χ1n) is 6.63. The summed E-state index contributed by atoms with van der Waals surface area (Å²) in [5.41, 5.74) is 2.71. The summed E-state index contributed by atoms with van der Waals surface area (Å²) in [6.07, 6.45) is 3.71. The largest absolute Gasteiger partial charge is 0.374 e. The molecule has 0 aliphatic heterocycles. The molecule has 1 aromatic rings. The van der Waals surface area contributed by atoms with Gasteiger partial charge in [0.05, 0.1) is 0 Å². The molecule has 1 atom stereocenters. The molecule has 0 heterocycles. The maximum atomic E-state index is 3.36. The molecule has 0 radical (unpaired) electrons. The van der Waals surface area contributed by atoms with Gasteiger partial charge in [0.15, 0.2) is 0 Å². The molecule has 17 heavy (non-hydrogen) atoms. The molecule has 0 aliphatic rings. The fraction of sp³-hybridized carbons (Fsp3) is 0.600. The van der Waals surface area contributed by atoms with Crippen molar-refractivity contribution in [3.8, 4) is 0 Å². The van der Waals surface area contributed by atoms with E-state index in [4.69, 9.17) is 0 Å². The third kappa shape index (κ3) is 4.39. The van der Waals surface area contributed by atoms with Crippen molar-refractivity contribution in [1.29, 1.82) is 0 Å². The van der Waals surface area contributed by atoms with Crippen molar-refractivity contribution in [3.63, 3.8) is 0 Å². The van der Waals surface area contributed by atoms with E-state index in [1.54, 1.807) is 0 Å². The van der Waals surface area contributed by atoms with Crippen LogP contribution in [0.25, 0.3) is 0 Å². The smallest absolute Gasteiger partial charge is 0.0393 e. The molecule has 2 heteroatoms. The van der Waals surface area contributed by atoms with Gasteiger partial charge in [-0.15, -0.1) is 0 Å². The fourth-order valence-corrected chi connectivity index (χ4v) is 2.24. The maximum Gasteiger partial charge on any atom is 0.0393 e. The Bertz CT molecular complexity index is 318. The van der Waals surface area contributed by atoms with Crippen LogP contribution in [-0.4, -0.2) is 26.7 Å². The first-order valence-corrected chi connectivity index (χ1v) is 6.63. The highest BCUT2D eigenvalue weighted by atomic mass is 15.1. The third-order valence-electron chi connectivity index (χ3n) is 3.47. The topological polar surface area (TPSA) is 15.3 Å². The quantitative estimate of drug-likeness (QED) is 0.779. The van der Waals surface area contributed by atoms with Crippen LogP contribution < -0.4 is 10.2 Å². The summed E-state index contributed by atoms with van der Waals surface area (Å²) in [6, 6.07) is 9.25. The van der Waals surface area contributed by atoms with Gasteiger partial charge in [0.2, 0.25) is 0 Å². The van der Waals surface area contributed by atoms with Crippen molar-refractivity contribution >= 4 is 5.69 Å². The van der Waals surface area contributed by atoms with E-state index in [-0.39, 0.29) is 0 Å². The van der Waals surface area contributed by atoms with Crippen LogP contribution in [-0.2, 0) is 0 Å². The van der Waals surface area contributed by atoms with Gasteiger partial charge in [0.25, 0.3) is 0 Å². The Morgan fingerprint density at radius 2 is 2.00 bits per heavy atom. The summed E-state index contributed by atoms with van der Waals surface area (Å²) in [4.78, 5) is 2.36. The Kier molecular flexibility index (Phi) is 6.06. The van der Waals surface area contributed by atoms with Crippen molar-refractivity contribution in [2.24, 2.45) is 0 Å². The van der Waals surface area contributed by atoms with E-state index in [9.17, 15) is 0 Å². The van der Waals surface area contributed by atoms with Gasteiger partial charge in [0.1, 0.15) is 0 Å². The second kappa shape index (κ2) is 7.33. The van der Waals surface area contributed by atoms with Crippen molar-refractivity contribution < 1.29 is 0 Å². The molecule has 0 saturated heterocycles. The van der Waals surface area contributed by atoms with Crippen LogP contribution in [0.4, 0.5) is 5.69 Å². The molecular formula is C15H26N2. The number of nitrogens with one attached hydrogen (secondary N) is 1. The average Bonchev–Trinajstić information content (AvgIpc) is 2.35. The summed E-state index contributed by atoms with van der Waals surface area (Å²) < 4.78 is 0. The van der Waals surface area contributed by atoms with Crippen LogP contribution >= 0.6 is 0 Å². The standard InChI is InChI=1S/C15H26N2/c1-5-14(16-3)10-8-12-17(4)15-11-7-6-9-13(15)2/h6-7,9,11,14,16H,5,8,10,12H2,1-4H3. The first kappa shape index (κ1) is 14.0. The summed E-state index contributed by atoms with van der Waals surface area (Å²) in [6.45, 7) is 5.55. The van der Waals surface area contributed by atoms with Gasteiger partial charge in [-0.3, -0.25) is 0 Å². The Balaban J connectivity index is 2.40. The zero-order valence-electron chi connectivity index (χ0n) is 11.7.